The van der Waals surface area contributed by atoms with E-state index in [-0.39, 0.29) is 24.8 Å². The lowest BCUT2D eigenvalue weighted by atomic mass is 9.95. The Bertz CT molecular complexity index is 995. The van der Waals surface area contributed by atoms with Gasteiger partial charge in [-0.05, 0) is 68.0 Å². The van der Waals surface area contributed by atoms with Crippen LogP contribution in [-0.2, 0) is 25.6 Å². The number of unbranched alkanes of at least 4 members (excludes halogenated alkanes) is 2. The van der Waals surface area contributed by atoms with Gasteiger partial charge in [0.25, 0.3) is 0 Å². The highest BCUT2D eigenvalue weighted by molar-refractivity contribution is 5.90. The Morgan fingerprint density at radius 1 is 0.971 bits per heavy atom. The first-order valence-corrected chi connectivity index (χ1v) is 12.4. The van der Waals surface area contributed by atoms with E-state index >= 15 is 0 Å². The van der Waals surface area contributed by atoms with Crippen molar-refractivity contribution in [3.63, 3.8) is 0 Å². The molecule has 0 atom stereocenters. The maximum absolute atomic E-state index is 12.5. The number of ether oxygens (including phenoxy) is 3. The molecule has 1 fully saturated rings. The summed E-state index contributed by atoms with van der Waals surface area (Å²) in [5.41, 5.74) is 14.5. The van der Waals surface area contributed by atoms with E-state index in [9.17, 15) is 9.59 Å². The first-order valence-electron chi connectivity index (χ1n) is 12.4. The topological polar surface area (TPSA) is 114 Å². The minimum Gasteiger partial charge on any atom is -0.459 e. The fourth-order valence-electron chi connectivity index (χ4n) is 3.97. The van der Waals surface area contributed by atoms with Gasteiger partial charge >= 0.3 is 11.9 Å². The fourth-order valence-corrected chi connectivity index (χ4v) is 3.97. The number of esters is 2. The minimum absolute atomic E-state index is 0.0625. The van der Waals surface area contributed by atoms with E-state index in [2.05, 4.69) is 6.92 Å². The van der Waals surface area contributed by atoms with Crippen molar-refractivity contribution in [1.29, 1.82) is 0 Å². The molecule has 1 saturated carbocycles. The first kappa shape index (κ1) is 26.3. The van der Waals surface area contributed by atoms with E-state index in [1.54, 1.807) is 48.5 Å². The third-order valence-corrected chi connectivity index (χ3v) is 6.09. The van der Waals surface area contributed by atoms with Gasteiger partial charge in [-0.2, -0.15) is 0 Å². The molecule has 0 aliphatic heterocycles. The smallest absolute Gasteiger partial charge is 0.338 e. The summed E-state index contributed by atoms with van der Waals surface area (Å²) in [6.07, 6.45) is 10.2. The van der Waals surface area contributed by atoms with E-state index in [0.29, 0.717) is 22.5 Å². The van der Waals surface area contributed by atoms with Crippen molar-refractivity contribution in [2.75, 3.05) is 18.1 Å². The fraction of sp³-hybridized carbons (Fsp3) is 0.429. The van der Waals surface area contributed by atoms with Crippen LogP contribution in [0.1, 0.15) is 73.4 Å². The highest BCUT2D eigenvalue weighted by Gasteiger charge is 2.24. The molecule has 0 amide bonds. The maximum atomic E-state index is 12.5. The number of nitrogens with two attached hydrogens (primary N) is 2. The lowest BCUT2D eigenvalue weighted by Gasteiger charge is -2.28. The molecule has 2 aromatic carbocycles. The average molecular weight is 481 g/mol. The highest BCUT2D eigenvalue weighted by atomic mass is 16.5. The largest absolute Gasteiger partial charge is 0.459 e. The Hall–Kier alpha value is -3.32. The maximum Gasteiger partial charge on any atom is 0.338 e. The highest BCUT2D eigenvalue weighted by Crippen LogP contribution is 2.25. The van der Waals surface area contributed by atoms with Crippen LogP contribution in [-0.4, -0.2) is 30.8 Å². The molecule has 1 aliphatic rings. The number of carbonyl (C=O) groups excluding carboxylic acids is 2. The van der Waals surface area contributed by atoms with Crippen LogP contribution >= 0.6 is 0 Å². The number of hydrogen-bond donors (Lipinski definition) is 2. The van der Waals surface area contributed by atoms with Crippen molar-refractivity contribution >= 4 is 29.4 Å². The Balaban J connectivity index is 1.40. The Morgan fingerprint density at radius 2 is 1.69 bits per heavy atom. The molecule has 0 aromatic heterocycles. The number of nitrogen functional groups attached to an aromatic ring is 2. The molecule has 7 heteroatoms. The molecule has 7 nitrogen and oxygen atoms in total. The summed E-state index contributed by atoms with van der Waals surface area (Å²) in [6, 6.07) is 12.0. The first-order chi connectivity index (χ1) is 16.9. The normalized spacial score (nSPS) is 17.9. The van der Waals surface area contributed by atoms with Crippen LogP contribution in [0.2, 0.25) is 0 Å². The van der Waals surface area contributed by atoms with Gasteiger partial charge in [0.15, 0.2) is 0 Å². The molecular formula is C28H36N2O5. The molecule has 0 saturated heterocycles. The van der Waals surface area contributed by atoms with Crippen LogP contribution in [0.3, 0.4) is 0 Å². The van der Waals surface area contributed by atoms with E-state index in [1.165, 1.54) is 18.9 Å². The molecule has 0 spiro atoms. The molecule has 0 heterocycles. The predicted octanol–water partition coefficient (Wildman–Crippen LogP) is 5.28. The molecule has 0 unspecified atom stereocenters. The number of hydrogen-bond acceptors (Lipinski definition) is 7. The average Bonchev–Trinajstić information content (AvgIpc) is 2.86. The van der Waals surface area contributed by atoms with Gasteiger partial charge in [0.1, 0.15) is 12.7 Å². The minimum atomic E-state index is -0.491. The van der Waals surface area contributed by atoms with Crippen molar-refractivity contribution in [2.24, 2.45) is 0 Å². The van der Waals surface area contributed by atoms with Gasteiger partial charge in [0.2, 0.25) is 0 Å². The van der Waals surface area contributed by atoms with Gasteiger partial charge in [0, 0.05) is 29.6 Å². The zero-order valence-electron chi connectivity index (χ0n) is 20.4. The second-order valence-electron chi connectivity index (χ2n) is 8.90. The standard InChI is InChI=1S/C28H36N2O5/c1-2-3-4-17-33-24-12-14-25(15-13-24)35-28(32)21-8-5-20(6-9-21)7-16-27(31)34-19-22-10-11-23(29)18-26(22)30/h5-11,16,18,24-25H,2-4,12-15,17,19,29-30H2,1H3/b16-7+. The molecular weight excluding hydrogens is 444 g/mol. The van der Waals surface area contributed by atoms with Crippen LogP contribution in [0.15, 0.2) is 48.5 Å². The van der Waals surface area contributed by atoms with Gasteiger partial charge in [-0.1, -0.05) is 38.0 Å². The van der Waals surface area contributed by atoms with Gasteiger partial charge in [-0.15, -0.1) is 0 Å². The number of rotatable bonds is 11. The molecule has 3 rings (SSSR count). The van der Waals surface area contributed by atoms with Crippen LogP contribution in [0.5, 0.6) is 0 Å². The zero-order valence-corrected chi connectivity index (χ0v) is 20.4. The van der Waals surface area contributed by atoms with Crippen molar-refractivity contribution in [2.45, 2.75) is 70.7 Å². The summed E-state index contributed by atoms with van der Waals surface area (Å²) in [5.74, 6) is -0.817. The van der Waals surface area contributed by atoms with E-state index in [1.807, 2.05) is 0 Å². The third-order valence-electron chi connectivity index (χ3n) is 6.09. The lowest BCUT2D eigenvalue weighted by molar-refractivity contribution is -0.138. The number of benzene rings is 2. The number of carbonyl (C=O) groups is 2. The van der Waals surface area contributed by atoms with Gasteiger partial charge in [-0.3, -0.25) is 0 Å². The van der Waals surface area contributed by atoms with E-state index in [4.69, 9.17) is 25.7 Å². The van der Waals surface area contributed by atoms with Crippen molar-refractivity contribution in [3.8, 4) is 0 Å². The molecule has 0 bridgehead atoms. The summed E-state index contributed by atoms with van der Waals surface area (Å²) in [4.78, 5) is 24.5. The van der Waals surface area contributed by atoms with Crippen LogP contribution in [0.25, 0.3) is 6.08 Å². The van der Waals surface area contributed by atoms with Crippen LogP contribution < -0.4 is 11.5 Å². The molecule has 0 radical (unpaired) electrons. The summed E-state index contributed by atoms with van der Waals surface area (Å²) in [6.45, 7) is 3.06. The lowest BCUT2D eigenvalue weighted by Crippen LogP contribution is -2.28. The summed E-state index contributed by atoms with van der Waals surface area (Å²) in [7, 11) is 0. The SMILES string of the molecule is CCCCCOC1CCC(OC(=O)c2ccc(/C=C/C(=O)OCc3ccc(N)cc3N)cc2)CC1. The Kier molecular flexibility index (Phi) is 10.2. The van der Waals surface area contributed by atoms with Crippen LogP contribution in [0.4, 0.5) is 11.4 Å². The second-order valence-corrected chi connectivity index (χ2v) is 8.90. The quantitative estimate of drug-likeness (QED) is 0.195. The monoisotopic (exact) mass is 480 g/mol. The van der Waals surface area contributed by atoms with E-state index < -0.39 is 5.97 Å². The second kappa shape index (κ2) is 13.5. The molecule has 4 N–H and O–H groups in total. The van der Waals surface area contributed by atoms with Gasteiger partial charge < -0.3 is 25.7 Å². The van der Waals surface area contributed by atoms with Crippen molar-refractivity contribution in [3.05, 3.63) is 65.2 Å². The summed E-state index contributed by atoms with van der Waals surface area (Å²) >= 11 is 0. The molecule has 35 heavy (non-hydrogen) atoms. The van der Waals surface area contributed by atoms with Crippen molar-refractivity contribution in [1.82, 2.24) is 0 Å². The Morgan fingerprint density at radius 3 is 2.37 bits per heavy atom. The summed E-state index contributed by atoms with van der Waals surface area (Å²) < 4.78 is 16.9. The molecule has 2 aromatic rings. The van der Waals surface area contributed by atoms with Crippen LogP contribution in [0, 0.1) is 0 Å². The zero-order chi connectivity index (χ0) is 25.0. The predicted molar refractivity (Wildman–Crippen MR) is 137 cm³/mol. The summed E-state index contributed by atoms with van der Waals surface area (Å²) in [5, 5.41) is 0. The molecule has 188 valence electrons. The third kappa shape index (κ3) is 8.76. The van der Waals surface area contributed by atoms with Gasteiger partial charge in [0.05, 0.1) is 11.7 Å². The number of anilines is 2. The van der Waals surface area contributed by atoms with Crippen molar-refractivity contribution < 1.29 is 23.8 Å². The Labute approximate surface area is 207 Å². The molecule has 1 aliphatic carbocycles. The van der Waals surface area contributed by atoms with E-state index in [0.717, 1.165) is 44.3 Å². The van der Waals surface area contributed by atoms with Gasteiger partial charge in [-0.25, -0.2) is 9.59 Å².